The maximum Gasteiger partial charge on any atom is 0.336 e. The summed E-state index contributed by atoms with van der Waals surface area (Å²) in [5.74, 6) is 6.54. The fraction of sp³-hybridized carbons (Fsp3) is 0.333. The van der Waals surface area contributed by atoms with E-state index in [-0.39, 0.29) is 10.9 Å². The molecule has 2 heterocycles. The summed E-state index contributed by atoms with van der Waals surface area (Å²) in [5, 5.41) is 8.94. The molecule has 0 atom stereocenters. The van der Waals surface area contributed by atoms with Crippen molar-refractivity contribution in [2.75, 3.05) is 5.84 Å². The summed E-state index contributed by atoms with van der Waals surface area (Å²) >= 11 is 1.25. The van der Waals surface area contributed by atoms with Crippen LogP contribution in [0.3, 0.4) is 0 Å². The highest BCUT2D eigenvalue weighted by atomic mass is 32.2. The van der Waals surface area contributed by atoms with Crippen LogP contribution in [0.25, 0.3) is 11.0 Å². The Labute approximate surface area is 154 Å². The van der Waals surface area contributed by atoms with Crippen molar-refractivity contribution in [1.82, 2.24) is 14.9 Å². The first-order valence-corrected chi connectivity index (χ1v) is 9.18. The summed E-state index contributed by atoms with van der Waals surface area (Å²) in [5.41, 5.74) is 3.07. The molecule has 2 aromatic heterocycles. The summed E-state index contributed by atoms with van der Waals surface area (Å²) in [6.45, 7) is 7.80. The minimum atomic E-state index is -0.412. The van der Waals surface area contributed by atoms with E-state index in [2.05, 4.69) is 30.1 Å². The van der Waals surface area contributed by atoms with Gasteiger partial charge < -0.3 is 10.3 Å². The smallest absolute Gasteiger partial charge is 0.336 e. The molecule has 0 saturated carbocycles. The number of hydrogen-bond acceptors (Lipinski definition) is 7. The number of benzene rings is 1. The molecule has 1 aromatic carbocycles. The van der Waals surface area contributed by atoms with Gasteiger partial charge in [0.05, 0.1) is 0 Å². The molecule has 136 valence electrons. The zero-order valence-electron chi connectivity index (χ0n) is 15.1. The second-order valence-corrected chi connectivity index (χ2v) is 7.42. The summed E-state index contributed by atoms with van der Waals surface area (Å²) < 4.78 is 6.33. The minimum Gasteiger partial charge on any atom is -0.423 e. The Balaban J connectivity index is 2.05. The van der Waals surface area contributed by atoms with Crippen molar-refractivity contribution < 1.29 is 4.42 Å². The normalized spacial score (nSPS) is 11.4. The third-order valence-corrected chi connectivity index (χ3v) is 5.21. The first kappa shape index (κ1) is 18.2. The minimum absolute atomic E-state index is 0.236. The van der Waals surface area contributed by atoms with Crippen molar-refractivity contribution in [2.24, 2.45) is 0 Å². The van der Waals surface area contributed by atoms with Gasteiger partial charge in [0, 0.05) is 17.2 Å². The van der Waals surface area contributed by atoms with E-state index < -0.39 is 11.2 Å². The van der Waals surface area contributed by atoms with Gasteiger partial charge in [-0.15, -0.1) is 10.2 Å². The number of hydrogen-bond donors (Lipinski definition) is 1. The fourth-order valence-electron chi connectivity index (χ4n) is 2.84. The molecule has 3 aromatic rings. The number of fused-ring (bicyclic) bond motifs is 1. The highest BCUT2D eigenvalue weighted by Gasteiger charge is 2.13. The largest absolute Gasteiger partial charge is 0.423 e. The third kappa shape index (κ3) is 3.37. The lowest BCUT2D eigenvalue weighted by Crippen LogP contribution is -2.32. The molecule has 0 aliphatic carbocycles. The molecular formula is C18H20N4O3S. The molecule has 0 aliphatic heterocycles. The summed E-state index contributed by atoms with van der Waals surface area (Å²) in [4.78, 5) is 23.8. The predicted molar refractivity (Wildman–Crippen MR) is 102 cm³/mol. The van der Waals surface area contributed by atoms with Crippen molar-refractivity contribution in [3.63, 3.8) is 0 Å². The van der Waals surface area contributed by atoms with Crippen molar-refractivity contribution in [2.45, 2.75) is 44.5 Å². The number of aromatic nitrogens is 3. The highest BCUT2D eigenvalue weighted by molar-refractivity contribution is 7.98. The van der Waals surface area contributed by atoms with Crippen LogP contribution in [0.2, 0.25) is 0 Å². The monoisotopic (exact) mass is 372 g/mol. The second kappa shape index (κ2) is 6.95. The molecule has 8 heteroatoms. The van der Waals surface area contributed by atoms with Crippen LogP contribution in [0.15, 0.2) is 37.4 Å². The topological polar surface area (TPSA) is 104 Å². The van der Waals surface area contributed by atoms with E-state index in [9.17, 15) is 9.59 Å². The molecule has 0 spiro atoms. The fourth-order valence-corrected chi connectivity index (χ4v) is 3.69. The van der Waals surface area contributed by atoms with Gasteiger partial charge in [-0.25, -0.2) is 4.79 Å². The van der Waals surface area contributed by atoms with Crippen molar-refractivity contribution in [3.8, 4) is 0 Å². The van der Waals surface area contributed by atoms with Crippen LogP contribution in [0, 0.1) is 13.8 Å². The molecule has 0 aliphatic rings. The maximum absolute atomic E-state index is 11.9. The average Bonchev–Trinajstić information content (AvgIpc) is 2.57. The average molecular weight is 372 g/mol. The number of nitrogens with zero attached hydrogens (tertiary/aromatic N) is 3. The number of nitrogen functional groups attached to an aromatic ring is 1. The first-order valence-electron chi connectivity index (χ1n) is 8.19. The molecule has 0 bridgehead atoms. The Hall–Kier alpha value is -2.61. The van der Waals surface area contributed by atoms with Crippen molar-refractivity contribution >= 4 is 22.7 Å². The number of rotatable bonds is 4. The first-order chi connectivity index (χ1) is 12.3. The Bertz CT molecular complexity index is 1100. The van der Waals surface area contributed by atoms with E-state index in [0.717, 1.165) is 21.2 Å². The Morgan fingerprint density at radius 3 is 2.62 bits per heavy atom. The van der Waals surface area contributed by atoms with Crippen LogP contribution in [0.4, 0.5) is 0 Å². The van der Waals surface area contributed by atoms with E-state index in [1.807, 2.05) is 13.0 Å². The lowest BCUT2D eigenvalue weighted by atomic mass is 9.95. The Morgan fingerprint density at radius 2 is 1.92 bits per heavy atom. The van der Waals surface area contributed by atoms with Crippen molar-refractivity contribution in [3.05, 3.63) is 61.4 Å². The standard InChI is InChI=1S/C18H20N4O3S/c1-9(2)13-7-14-12(6-16(23)25-15(14)5-10(13)3)8-26-18-21-20-11(4)17(24)22(18)19/h5-7,9H,8,19H2,1-4H3. The van der Waals surface area contributed by atoms with Gasteiger partial charge >= 0.3 is 5.63 Å². The lowest BCUT2D eigenvalue weighted by molar-refractivity contribution is 0.559. The second-order valence-electron chi connectivity index (χ2n) is 6.48. The van der Waals surface area contributed by atoms with Crippen molar-refractivity contribution in [1.29, 1.82) is 0 Å². The van der Waals surface area contributed by atoms with Gasteiger partial charge in [-0.2, -0.15) is 4.68 Å². The molecule has 26 heavy (non-hydrogen) atoms. The van der Waals surface area contributed by atoms with E-state index in [1.54, 1.807) is 6.92 Å². The van der Waals surface area contributed by atoms with Crippen LogP contribution in [0.1, 0.15) is 42.1 Å². The number of aryl methyl sites for hydroxylation is 2. The summed E-state index contributed by atoms with van der Waals surface area (Å²) in [6, 6.07) is 5.42. The molecule has 2 N–H and O–H groups in total. The Morgan fingerprint density at radius 1 is 1.19 bits per heavy atom. The quantitative estimate of drug-likeness (QED) is 0.426. The SMILES string of the molecule is Cc1cc2oc(=O)cc(CSc3nnc(C)c(=O)n3N)c2cc1C(C)C. The number of thioether (sulfide) groups is 1. The van der Waals surface area contributed by atoms with Gasteiger partial charge in [-0.3, -0.25) is 4.79 Å². The van der Waals surface area contributed by atoms with Crippen LogP contribution in [-0.2, 0) is 5.75 Å². The van der Waals surface area contributed by atoms with Gasteiger partial charge in [-0.05, 0) is 48.6 Å². The molecular weight excluding hydrogens is 352 g/mol. The summed E-state index contributed by atoms with van der Waals surface area (Å²) in [7, 11) is 0. The van der Waals surface area contributed by atoms with E-state index in [1.165, 1.54) is 23.4 Å². The van der Waals surface area contributed by atoms with Crippen LogP contribution in [0.5, 0.6) is 0 Å². The van der Waals surface area contributed by atoms with E-state index in [4.69, 9.17) is 10.3 Å². The molecule has 0 fully saturated rings. The maximum atomic E-state index is 11.9. The zero-order valence-corrected chi connectivity index (χ0v) is 15.9. The molecule has 0 unspecified atom stereocenters. The van der Waals surface area contributed by atoms with Gasteiger partial charge in [0.25, 0.3) is 5.56 Å². The lowest BCUT2D eigenvalue weighted by Gasteiger charge is -2.13. The Kier molecular flexibility index (Phi) is 4.86. The van der Waals surface area contributed by atoms with E-state index in [0.29, 0.717) is 17.3 Å². The molecule has 7 nitrogen and oxygen atoms in total. The van der Waals surface area contributed by atoms with Crippen LogP contribution < -0.4 is 17.0 Å². The van der Waals surface area contributed by atoms with Gasteiger partial charge in [0.15, 0.2) is 0 Å². The predicted octanol–water partition coefficient (Wildman–Crippen LogP) is 2.49. The summed E-state index contributed by atoms with van der Waals surface area (Å²) in [6.07, 6.45) is 0. The highest BCUT2D eigenvalue weighted by Crippen LogP contribution is 2.29. The molecule has 3 rings (SSSR count). The van der Waals surface area contributed by atoms with Gasteiger partial charge in [0.1, 0.15) is 11.3 Å². The van der Waals surface area contributed by atoms with E-state index >= 15 is 0 Å². The van der Waals surface area contributed by atoms with Gasteiger partial charge in [0.2, 0.25) is 5.16 Å². The molecule has 0 saturated heterocycles. The molecule has 0 amide bonds. The van der Waals surface area contributed by atoms with Crippen LogP contribution >= 0.6 is 11.8 Å². The number of nitrogens with two attached hydrogens (primary N) is 1. The van der Waals surface area contributed by atoms with Gasteiger partial charge in [-0.1, -0.05) is 25.6 Å². The molecule has 0 radical (unpaired) electrons. The zero-order chi connectivity index (χ0) is 19.0. The van der Waals surface area contributed by atoms with Crippen LogP contribution in [-0.4, -0.2) is 14.9 Å². The third-order valence-electron chi connectivity index (χ3n) is 4.22.